The summed E-state index contributed by atoms with van der Waals surface area (Å²) >= 11 is 0. The molecule has 0 amide bonds. The molecule has 0 aliphatic rings. The zero-order valence-corrected chi connectivity index (χ0v) is 6.11. The molecule has 1 radical (unpaired) electrons. The van der Waals surface area contributed by atoms with E-state index in [4.69, 9.17) is 0 Å². The molecule has 0 spiro atoms. The summed E-state index contributed by atoms with van der Waals surface area (Å²) in [4.78, 5) is 0. The Labute approximate surface area is 65.2 Å². The molecule has 0 heterocycles. The molecule has 0 saturated carbocycles. The Balaban J connectivity index is 0. The van der Waals surface area contributed by atoms with Crippen LogP contribution in [0.4, 0.5) is 0 Å². The smallest absolute Gasteiger partial charge is 0 e. The summed E-state index contributed by atoms with van der Waals surface area (Å²) in [6, 6.07) is 0. The van der Waals surface area contributed by atoms with Gasteiger partial charge in [0.15, 0.2) is 0 Å². The van der Waals surface area contributed by atoms with Crippen molar-refractivity contribution < 1.29 is 52.1 Å². The molecule has 0 aromatic heterocycles. The third-order valence-corrected chi connectivity index (χ3v) is 0. The van der Waals surface area contributed by atoms with Gasteiger partial charge in [-0.15, -0.1) is 0 Å². The van der Waals surface area contributed by atoms with Gasteiger partial charge in [0.2, 0.25) is 0 Å². The van der Waals surface area contributed by atoms with Crippen LogP contribution in [0.2, 0.25) is 0 Å². The predicted octanol–water partition coefficient (Wildman–Crippen LogP) is 0.105. The molecule has 31 valence electrons. The summed E-state index contributed by atoms with van der Waals surface area (Å²) < 4.78 is 0. The zero-order valence-electron chi connectivity index (χ0n) is 1.62. The second-order valence-corrected chi connectivity index (χ2v) is 0. The summed E-state index contributed by atoms with van der Waals surface area (Å²) in [6.07, 6.45) is 0. The monoisotopic (exact) mass is 199 g/mol. The van der Waals surface area contributed by atoms with Crippen LogP contribution >= 0.6 is 13.5 Å². The second-order valence-electron chi connectivity index (χ2n) is 0. The topological polar surface area (TPSA) is 0 Å². The molecule has 0 bridgehead atoms. The Hall–Kier alpha value is 1.95. The van der Waals surface area contributed by atoms with E-state index in [0.29, 0.717) is 0 Å². The summed E-state index contributed by atoms with van der Waals surface area (Å²) in [6.45, 7) is 0. The molecule has 0 aromatic carbocycles. The molecule has 0 fully saturated rings. The van der Waals surface area contributed by atoms with Crippen molar-refractivity contribution in [2.24, 2.45) is 0 Å². The molecule has 0 atom stereocenters. The van der Waals surface area contributed by atoms with E-state index in [1.165, 1.54) is 0 Å². The standard InChI is InChI=1S/Fe.Ni.H2S.V/h;;1H2;. The van der Waals surface area contributed by atoms with Gasteiger partial charge in [-0.2, -0.15) is 13.5 Å². The van der Waals surface area contributed by atoms with E-state index in [2.05, 4.69) is 0 Å². The third kappa shape index (κ3) is 9.04. The minimum Gasteiger partial charge on any atom is -0.197 e. The van der Waals surface area contributed by atoms with Crippen molar-refractivity contribution in [1.29, 1.82) is 0 Å². The normalized spacial score (nSPS) is 0. The fourth-order valence-electron chi connectivity index (χ4n) is 0. The largest absolute Gasteiger partial charge is 0.197 e. The first-order valence-electron chi connectivity index (χ1n) is 0. The van der Waals surface area contributed by atoms with Crippen LogP contribution in [0.15, 0.2) is 0 Å². The van der Waals surface area contributed by atoms with Gasteiger partial charge < -0.3 is 0 Å². The van der Waals surface area contributed by atoms with Crippen LogP contribution in [0.25, 0.3) is 0 Å². The molecule has 4 heavy (non-hydrogen) atoms. The van der Waals surface area contributed by atoms with E-state index in [0.717, 1.165) is 0 Å². The van der Waals surface area contributed by atoms with Crippen molar-refractivity contribution in [2.45, 2.75) is 0 Å². The number of hydrogen-bond acceptors (Lipinski definition) is 0. The van der Waals surface area contributed by atoms with Crippen LogP contribution in [-0.2, 0) is 52.1 Å². The van der Waals surface area contributed by atoms with Crippen LogP contribution in [0.1, 0.15) is 0 Å². The number of hydrogen-bond donors (Lipinski definition) is 0. The van der Waals surface area contributed by atoms with Crippen molar-refractivity contribution in [1.82, 2.24) is 0 Å². The van der Waals surface area contributed by atoms with Crippen LogP contribution in [0, 0.1) is 0 Å². The summed E-state index contributed by atoms with van der Waals surface area (Å²) in [5.74, 6) is 0. The molecule has 0 aliphatic heterocycles. The minimum absolute atomic E-state index is 0. The van der Waals surface area contributed by atoms with Gasteiger partial charge >= 0.3 is 0 Å². The van der Waals surface area contributed by atoms with E-state index in [1.807, 2.05) is 0 Å². The van der Waals surface area contributed by atoms with Crippen molar-refractivity contribution in [3.8, 4) is 0 Å². The first-order chi connectivity index (χ1) is 0. The second kappa shape index (κ2) is 20.3. The Morgan fingerprint density at radius 1 is 1.00 bits per heavy atom. The van der Waals surface area contributed by atoms with Crippen molar-refractivity contribution in [2.75, 3.05) is 0 Å². The van der Waals surface area contributed by atoms with E-state index in [9.17, 15) is 0 Å². The third-order valence-electron chi connectivity index (χ3n) is 0. The Kier molecular flexibility index (Phi) is 195. The van der Waals surface area contributed by atoms with Gasteiger partial charge in [-0.1, -0.05) is 0 Å². The van der Waals surface area contributed by atoms with Gasteiger partial charge in [0.05, 0.1) is 0 Å². The van der Waals surface area contributed by atoms with Gasteiger partial charge in [-0.25, -0.2) is 0 Å². The molecule has 0 N–H and O–H groups in total. The quantitative estimate of drug-likeness (QED) is 0.486. The minimum atomic E-state index is 0. The molecule has 0 nitrogen and oxygen atoms in total. The first kappa shape index (κ1) is 38.4. The van der Waals surface area contributed by atoms with Gasteiger partial charge in [-0.3, -0.25) is 0 Å². The molecular weight excluding hydrogens is 198 g/mol. The average molecular weight is 200 g/mol. The molecule has 0 saturated heterocycles. The van der Waals surface area contributed by atoms with E-state index >= 15 is 0 Å². The Bertz CT molecular complexity index is 8.00. The first-order valence-corrected chi connectivity index (χ1v) is 0. The maximum absolute atomic E-state index is 0. The van der Waals surface area contributed by atoms with Crippen molar-refractivity contribution >= 4 is 13.5 Å². The van der Waals surface area contributed by atoms with Crippen molar-refractivity contribution in [3.05, 3.63) is 0 Å². The number of rotatable bonds is 0. The molecule has 4 heteroatoms. The summed E-state index contributed by atoms with van der Waals surface area (Å²) in [5.41, 5.74) is 0. The Morgan fingerprint density at radius 3 is 1.00 bits per heavy atom. The van der Waals surface area contributed by atoms with Gasteiger partial charge in [0.1, 0.15) is 0 Å². The van der Waals surface area contributed by atoms with Crippen molar-refractivity contribution in [3.63, 3.8) is 0 Å². The fourth-order valence-corrected chi connectivity index (χ4v) is 0. The zero-order chi connectivity index (χ0) is 0. The average Bonchev–Trinajstić information content (AvgIpc) is 0. The SMILES string of the molecule is S.[Fe].[Ni].[V]. The molecule has 0 aliphatic carbocycles. The van der Waals surface area contributed by atoms with Gasteiger partial charge in [-0.05, 0) is 0 Å². The van der Waals surface area contributed by atoms with Crippen LogP contribution in [0.5, 0.6) is 0 Å². The molecule has 0 rings (SSSR count). The molecule has 0 unspecified atom stereocenters. The Morgan fingerprint density at radius 2 is 1.00 bits per heavy atom. The molecular formula is H2FeNiSV. The maximum Gasteiger partial charge on any atom is 0 e. The van der Waals surface area contributed by atoms with Crippen LogP contribution in [0.3, 0.4) is 0 Å². The summed E-state index contributed by atoms with van der Waals surface area (Å²) in [7, 11) is 0. The van der Waals surface area contributed by atoms with Gasteiger partial charge in [0, 0.05) is 52.1 Å². The van der Waals surface area contributed by atoms with E-state index in [1.54, 1.807) is 0 Å². The summed E-state index contributed by atoms with van der Waals surface area (Å²) in [5, 5.41) is 0. The molecule has 0 aromatic rings. The van der Waals surface area contributed by atoms with E-state index < -0.39 is 0 Å². The van der Waals surface area contributed by atoms with E-state index in [-0.39, 0.29) is 65.6 Å². The fraction of sp³-hybridized carbons (Fsp3) is 0. The van der Waals surface area contributed by atoms with Crippen LogP contribution < -0.4 is 0 Å². The van der Waals surface area contributed by atoms with Gasteiger partial charge in [0.25, 0.3) is 0 Å². The predicted molar refractivity (Wildman–Crippen MR) is 10.4 cm³/mol. The maximum atomic E-state index is 0. The van der Waals surface area contributed by atoms with Crippen LogP contribution in [-0.4, -0.2) is 0 Å².